The van der Waals surface area contributed by atoms with E-state index < -0.39 is 11.8 Å². The molecule has 0 saturated carbocycles. The summed E-state index contributed by atoms with van der Waals surface area (Å²) >= 11 is 0. The van der Waals surface area contributed by atoms with Crippen LogP contribution in [0.5, 0.6) is 0 Å². The second-order valence-corrected chi connectivity index (χ2v) is 4.14. The number of nitrogens with zero attached hydrogens (tertiary/aromatic N) is 3. The summed E-state index contributed by atoms with van der Waals surface area (Å²) in [5.41, 5.74) is 0. The molecule has 1 aromatic heterocycles. The van der Waals surface area contributed by atoms with Crippen molar-refractivity contribution in [3.05, 3.63) is 18.2 Å². The third-order valence-electron chi connectivity index (χ3n) is 2.90. The maximum Gasteiger partial charge on any atom is 0.305 e. The Bertz CT molecular complexity index is 396. The Morgan fingerprint density at radius 1 is 1.47 bits per heavy atom. The largest absolute Gasteiger partial charge is 0.481 e. The van der Waals surface area contributed by atoms with Crippen LogP contribution in [0, 0.1) is 5.82 Å². The number of hydrogen-bond donors (Lipinski definition) is 1. The zero-order valence-electron chi connectivity index (χ0n) is 9.34. The first-order valence-electron chi connectivity index (χ1n) is 5.63. The summed E-state index contributed by atoms with van der Waals surface area (Å²) in [7, 11) is 0. The quantitative estimate of drug-likeness (QED) is 0.864. The summed E-state index contributed by atoms with van der Waals surface area (Å²) in [6.07, 6.45) is 5.09. The molecule has 1 aliphatic heterocycles. The van der Waals surface area contributed by atoms with Gasteiger partial charge >= 0.3 is 5.97 Å². The monoisotopic (exact) mass is 239 g/mol. The van der Waals surface area contributed by atoms with Crippen LogP contribution in [-0.2, 0) is 4.79 Å². The lowest BCUT2D eigenvalue weighted by Gasteiger charge is -2.34. The van der Waals surface area contributed by atoms with Crippen molar-refractivity contribution in [3.63, 3.8) is 0 Å². The van der Waals surface area contributed by atoms with Crippen LogP contribution in [-0.4, -0.2) is 33.6 Å². The fourth-order valence-corrected chi connectivity index (χ4v) is 2.13. The minimum Gasteiger partial charge on any atom is -0.481 e. The van der Waals surface area contributed by atoms with E-state index >= 15 is 0 Å². The molecule has 1 unspecified atom stereocenters. The van der Waals surface area contributed by atoms with Crippen LogP contribution in [0.3, 0.4) is 0 Å². The zero-order chi connectivity index (χ0) is 12.3. The highest BCUT2D eigenvalue weighted by Crippen LogP contribution is 2.23. The summed E-state index contributed by atoms with van der Waals surface area (Å²) in [5.74, 6) is -0.901. The number of rotatable bonds is 3. The second-order valence-electron chi connectivity index (χ2n) is 4.14. The predicted molar refractivity (Wildman–Crippen MR) is 59.2 cm³/mol. The van der Waals surface area contributed by atoms with E-state index in [1.54, 1.807) is 0 Å². The molecule has 1 aliphatic rings. The van der Waals surface area contributed by atoms with Gasteiger partial charge in [0.05, 0.1) is 18.8 Å². The number of hydrogen-bond acceptors (Lipinski definition) is 4. The maximum atomic E-state index is 12.7. The number of aromatic nitrogens is 2. The van der Waals surface area contributed by atoms with Gasteiger partial charge in [-0.25, -0.2) is 14.4 Å². The molecular weight excluding hydrogens is 225 g/mol. The first kappa shape index (κ1) is 11.8. The first-order valence-corrected chi connectivity index (χ1v) is 5.63. The van der Waals surface area contributed by atoms with Gasteiger partial charge in [0.2, 0.25) is 5.95 Å². The van der Waals surface area contributed by atoms with Gasteiger partial charge in [0, 0.05) is 12.6 Å². The summed E-state index contributed by atoms with van der Waals surface area (Å²) in [5, 5.41) is 8.85. The highest BCUT2D eigenvalue weighted by Gasteiger charge is 2.26. The number of anilines is 1. The van der Waals surface area contributed by atoms with Crippen LogP contribution in [0.25, 0.3) is 0 Å². The summed E-state index contributed by atoms with van der Waals surface area (Å²) in [4.78, 5) is 20.4. The van der Waals surface area contributed by atoms with Crippen molar-refractivity contribution in [1.29, 1.82) is 0 Å². The van der Waals surface area contributed by atoms with Crippen LogP contribution in [0.2, 0.25) is 0 Å². The average molecular weight is 239 g/mol. The van der Waals surface area contributed by atoms with E-state index in [1.807, 2.05) is 4.90 Å². The van der Waals surface area contributed by atoms with E-state index in [4.69, 9.17) is 5.11 Å². The lowest BCUT2D eigenvalue weighted by molar-refractivity contribution is -0.137. The molecule has 1 saturated heterocycles. The van der Waals surface area contributed by atoms with Gasteiger partial charge in [0.1, 0.15) is 0 Å². The maximum absolute atomic E-state index is 12.7. The van der Waals surface area contributed by atoms with E-state index in [2.05, 4.69) is 9.97 Å². The summed E-state index contributed by atoms with van der Waals surface area (Å²) < 4.78 is 12.7. The molecule has 92 valence electrons. The van der Waals surface area contributed by atoms with Crippen molar-refractivity contribution in [2.24, 2.45) is 0 Å². The minimum atomic E-state index is -0.830. The molecule has 2 heterocycles. The normalized spacial score (nSPS) is 20.3. The Hall–Kier alpha value is -1.72. The molecule has 5 nitrogen and oxygen atoms in total. The fourth-order valence-electron chi connectivity index (χ4n) is 2.13. The van der Waals surface area contributed by atoms with Gasteiger partial charge in [-0.05, 0) is 19.3 Å². The minimum absolute atomic E-state index is 0.0702. The van der Waals surface area contributed by atoms with Crippen molar-refractivity contribution in [2.75, 3.05) is 11.4 Å². The number of piperidine rings is 1. The summed E-state index contributed by atoms with van der Waals surface area (Å²) in [6, 6.07) is -0.0910. The van der Waals surface area contributed by atoms with E-state index in [1.165, 1.54) is 0 Å². The molecule has 0 aromatic carbocycles. The molecule has 0 bridgehead atoms. The molecule has 0 spiro atoms. The average Bonchev–Trinajstić information content (AvgIpc) is 2.30. The van der Waals surface area contributed by atoms with Crippen molar-refractivity contribution in [2.45, 2.75) is 31.7 Å². The molecule has 1 fully saturated rings. The molecule has 0 amide bonds. The Labute approximate surface area is 98.3 Å². The Kier molecular flexibility index (Phi) is 3.51. The van der Waals surface area contributed by atoms with Gasteiger partial charge in [-0.1, -0.05) is 0 Å². The number of carboxylic acid groups (broad SMARTS) is 1. The van der Waals surface area contributed by atoms with E-state index in [-0.39, 0.29) is 12.5 Å². The molecule has 17 heavy (non-hydrogen) atoms. The standard InChI is InChI=1S/C11H14FN3O2/c12-8-6-13-11(14-7-8)15-4-2-1-3-9(15)5-10(16)17/h6-7,9H,1-5H2,(H,16,17). The van der Waals surface area contributed by atoms with Gasteiger partial charge in [-0.15, -0.1) is 0 Å². The smallest absolute Gasteiger partial charge is 0.305 e. The molecule has 0 radical (unpaired) electrons. The van der Waals surface area contributed by atoms with Crippen LogP contribution in [0.15, 0.2) is 12.4 Å². The topological polar surface area (TPSA) is 66.3 Å². The van der Waals surface area contributed by atoms with Gasteiger partial charge in [-0.3, -0.25) is 4.79 Å². The second kappa shape index (κ2) is 5.07. The number of carbonyl (C=O) groups is 1. The van der Waals surface area contributed by atoms with Gasteiger partial charge in [-0.2, -0.15) is 0 Å². The molecule has 1 atom stereocenters. The highest BCUT2D eigenvalue weighted by molar-refractivity contribution is 5.68. The molecule has 1 N–H and O–H groups in total. The van der Waals surface area contributed by atoms with Gasteiger partial charge in [0.25, 0.3) is 0 Å². The Morgan fingerprint density at radius 2 is 2.18 bits per heavy atom. The SMILES string of the molecule is O=C(O)CC1CCCCN1c1ncc(F)cn1. The number of carboxylic acids is 1. The van der Waals surface area contributed by atoms with Crippen LogP contribution >= 0.6 is 0 Å². The Morgan fingerprint density at radius 3 is 2.82 bits per heavy atom. The zero-order valence-corrected chi connectivity index (χ0v) is 9.34. The van der Waals surface area contributed by atoms with Crippen LogP contribution in [0.4, 0.5) is 10.3 Å². The van der Waals surface area contributed by atoms with Crippen molar-refractivity contribution < 1.29 is 14.3 Å². The highest BCUT2D eigenvalue weighted by atomic mass is 19.1. The third kappa shape index (κ3) is 2.89. The van der Waals surface area contributed by atoms with E-state index in [0.29, 0.717) is 5.95 Å². The Balaban J connectivity index is 2.15. The fraction of sp³-hybridized carbons (Fsp3) is 0.545. The number of halogens is 1. The lowest BCUT2D eigenvalue weighted by Crippen LogP contribution is -2.41. The molecular formula is C11H14FN3O2. The van der Waals surface area contributed by atoms with Crippen LogP contribution in [0.1, 0.15) is 25.7 Å². The van der Waals surface area contributed by atoms with Crippen molar-refractivity contribution in [1.82, 2.24) is 9.97 Å². The van der Waals surface area contributed by atoms with E-state index in [9.17, 15) is 9.18 Å². The van der Waals surface area contributed by atoms with Crippen molar-refractivity contribution >= 4 is 11.9 Å². The molecule has 6 heteroatoms. The van der Waals surface area contributed by atoms with Crippen LogP contribution < -0.4 is 4.90 Å². The molecule has 1 aromatic rings. The van der Waals surface area contributed by atoms with Gasteiger partial charge < -0.3 is 10.0 Å². The summed E-state index contributed by atoms with van der Waals surface area (Å²) in [6.45, 7) is 0.726. The first-order chi connectivity index (χ1) is 8.16. The van der Waals surface area contributed by atoms with Gasteiger partial charge in [0.15, 0.2) is 5.82 Å². The number of aliphatic carboxylic acids is 1. The predicted octanol–water partition coefficient (Wildman–Crippen LogP) is 1.45. The lowest BCUT2D eigenvalue weighted by atomic mass is 10.00. The molecule has 2 rings (SSSR count). The van der Waals surface area contributed by atoms with E-state index in [0.717, 1.165) is 38.2 Å². The molecule has 0 aliphatic carbocycles. The van der Waals surface area contributed by atoms with Crippen molar-refractivity contribution in [3.8, 4) is 0 Å². The third-order valence-corrected chi connectivity index (χ3v) is 2.90.